The van der Waals surface area contributed by atoms with Crippen molar-refractivity contribution < 1.29 is 14.2 Å². The van der Waals surface area contributed by atoms with Crippen LogP contribution in [0.3, 0.4) is 0 Å². The van der Waals surface area contributed by atoms with Crippen LogP contribution in [0, 0.1) is 0 Å². The number of pyridine rings is 1. The van der Waals surface area contributed by atoms with Gasteiger partial charge in [0.25, 0.3) is 5.56 Å². The van der Waals surface area contributed by atoms with Gasteiger partial charge in [-0.05, 0) is 49.3 Å². The third-order valence-electron chi connectivity index (χ3n) is 5.54. The molecule has 0 unspecified atom stereocenters. The summed E-state index contributed by atoms with van der Waals surface area (Å²) in [7, 11) is 0. The lowest BCUT2D eigenvalue weighted by molar-refractivity contribution is 0.0904. The number of anilines is 1. The Kier molecular flexibility index (Phi) is 5.48. The Bertz CT molecular complexity index is 1160. The predicted molar refractivity (Wildman–Crippen MR) is 123 cm³/mol. The fourth-order valence-corrected chi connectivity index (χ4v) is 4.20. The topological polar surface area (TPSA) is 75.8 Å². The van der Waals surface area contributed by atoms with Crippen LogP contribution in [0.25, 0.3) is 10.9 Å². The number of para-hydroxylation sites is 1. The van der Waals surface area contributed by atoms with E-state index < -0.39 is 0 Å². The van der Waals surface area contributed by atoms with Gasteiger partial charge in [0, 0.05) is 35.9 Å². The molecule has 0 radical (unpaired) electrons. The first-order valence-corrected chi connectivity index (χ1v) is 10.7. The molecule has 0 spiro atoms. The molecule has 0 aliphatic carbocycles. The first-order chi connectivity index (χ1) is 15.2. The summed E-state index contributed by atoms with van der Waals surface area (Å²) in [6.07, 6.45) is 2.13. The molecule has 1 atom stereocenters. The number of fused-ring (bicyclic) bond motifs is 2. The quantitative estimate of drug-likeness (QED) is 0.590. The minimum absolute atomic E-state index is 0.101. The molecule has 160 valence electrons. The smallest absolute Gasteiger partial charge is 0.253 e. The van der Waals surface area contributed by atoms with E-state index in [9.17, 15) is 4.79 Å². The molecule has 8 heteroatoms. The lowest BCUT2D eigenvalue weighted by Crippen LogP contribution is -2.40. The van der Waals surface area contributed by atoms with E-state index in [0.717, 1.165) is 30.5 Å². The monoisotopic (exact) mass is 437 g/mol. The lowest BCUT2D eigenvalue weighted by atomic mass is 10.1. The second-order valence-electron chi connectivity index (χ2n) is 7.73. The predicted octanol–water partition coefficient (Wildman–Crippen LogP) is 3.63. The lowest BCUT2D eigenvalue weighted by Gasteiger charge is -2.28. The van der Waals surface area contributed by atoms with E-state index in [4.69, 9.17) is 26.4 Å². The summed E-state index contributed by atoms with van der Waals surface area (Å²) in [5.74, 6) is 1.33. The number of benzene rings is 2. The summed E-state index contributed by atoms with van der Waals surface area (Å²) < 4.78 is 16.7. The highest BCUT2D eigenvalue weighted by molar-refractivity contribution is 7.80. The molecule has 7 nitrogen and oxygen atoms in total. The third kappa shape index (κ3) is 4.35. The third-order valence-corrected chi connectivity index (χ3v) is 5.90. The summed E-state index contributed by atoms with van der Waals surface area (Å²) in [4.78, 5) is 17.8. The van der Waals surface area contributed by atoms with E-state index >= 15 is 0 Å². The van der Waals surface area contributed by atoms with Crippen molar-refractivity contribution in [2.24, 2.45) is 0 Å². The zero-order chi connectivity index (χ0) is 21.2. The van der Waals surface area contributed by atoms with Gasteiger partial charge < -0.3 is 29.4 Å². The van der Waals surface area contributed by atoms with Crippen LogP contribution in [0.15, 0.2) is 53.3 Å². The minimum atomic E-state index is -0.147. The zero-order valence-electron chi connectivity index (χ0n) is 16.9. The summed E-state index contributed by atoms with van der Waals surface area (Å²) in [6.45, 7) is 1.95. The Balaban J connectivity index is 1.42. The molecular formula is C23H23N3O4S. The molecule has 3 aromatic rings. The average Bonchev–Trinajstić information content (AvgIpc) is 3.44. The summed E-state index contributed by atoms with van der Waals surface area (Å²) in [6, 6.07) is 15.4. The molecule has 2 aliphatic rings. The van der Waals surface area contributed by atoms with Gasteiger partial charge in [-0.25, -0.2) is 0 Å². The number of rotatable bonds is 5. The van der Waals surface area contributed by atoms with Crippen LogP contribution in [0.2, 0.25) is 0 Å². The number of aromatic amines is 1. The Morgan fingerprint density at radius 3 is 2.74 bits per heavy atom. The highest BCUT2D eigenvalue weighted by Gasteiger charge is 2.23. The summed E-state index contributed by atoms with van der Waals surface area (Å²) >= 11 is 5.71. The molecule has 1 fully saturated rings. The molecule has 2 aliphatic heterocycles. The van der Waals surface area contributed by atoms with Crippen LogP contribution in [0.1, 0.15) is 18.4 Å². The Morgan fingerprint density at radius 1 is 1.16 bits per heavy atom. The van der Waals surface area contributed by atoms with Crippen molar-refractivity contribution in [3.63, 3.8) is 0 Å². The van der Waals surface area contributed by atoms with E-state index in [1.54, 1.807) is 6.07 Å². The molecule has 1 saturated heterocycles. The van der Waals surface area contributed by atoms with E-state index in [2.05, 4.69) is 10.3 Å². The molecule has 0 bridgehead atoms. The molecule has 2 aromatic carbocycles. The van der Waals surface area contributed by atoms with Gasteiger partial charge in [0.15, 0.2) is 16.6 Å². The van der Waals surface area contributed by atoms with E-state index in [1.807, 2.05) is 47.4 Å². The zero-order valence-corrected chi connectivity index (χ0v) is 17.7. The molecule has 0 saturated carbocycles. The van der Waals surface area contributed by atoms with Crippen LogP contribution < -0.4 is 20.3 Å². The number of H-pyrrole nitrogens is 1. The van der Waals surface area contributed by atoms with E-state index in [-0.39, 0.29) is 18.5 Å². The maximum absolute atomic E-state index is 12.8. The maximum atomic E-state index is 12.8. The first kappa shape index (κ1) is 19.8. The van der Waals surface area contributed by atoms with Gasteiger partial charge >= 0.3 is 0 Å². The fourth-order valence-electron chi connectivity index (χ4n) is 3.94. The van der Waals surface area contributed by atoms with Gasteiger partial charge in [-0.15, -0.1) is 0 Å². The number of aromatic nitrogens is 1. The number of thiocarbonyl (C=S) groups is 1. The molecule has 3 heterocycles. The molecular weight excluding hydrogens is 414 g/mol. The van der Waals surface area contributed by atoms with Crippen LogP contribution in [0.5, 0.6) is 11.5 Å². The van der Waals surface area contributed by atoms with Crippen molar-refractivity contribution in [3.8, 4) is 11.5 Å². The van der Waals surface area contributed by atoms with E-state index in [0.29, 0.717) is 40.8 Å². The summed E-state index contributed by atoms with van der Waals surface area (Å²) in [5, 5.41) is 4.73. The SMILES string of the molecule is O=c1[nH]c2cc3c(cc2cc1CN(C[C@@H]1CCCO1)C(=S)Nc1ccccc1)OCO3. The van der Waals surface area contributed by atoms with Crippen LogP contribution in [-0.2, 0) is 11.3 Å². The van der Waals surface area contributed by atoms with E-state index in [1.165, 1.54) is 0 Å². The molecule has 31 heavy (non-hydrogen) atoms. The Morgan fingerprint density at radius 2 is 1.97 bits per heavy atom. The van der Waals surface area contributed by atoms with Gasteiger partial charge in [0.1, 0.15) is 0 Å². The second-order valence-corrected chi connectivity index (χ2v) is 8.11. The number of hydrogen-bond donors (Lipinski definition) is 2. The fraction of sp³-hybridized carbons (Fsp3) is 0.304. The molecule has 2 N–H and O–H groups in total. The van der Waals surface area contributed by atoms with Gasteiger partial charge in [-0.3, -0.25) is 4.79 Å². The second kappa shape index (κ2) is 8.56. The molecule has 1 aromatic heterocycles. The van der Waals surface area contributed by atoms with Crippen LogP contribution in [0.4, 0.5) is 5.69 Å². The summed E-state index contributed by atoms with van der Waals surface area (Å²) in [5.41, 5.74) is 2.10. The highest BCUT2D eigenvalue weighted by atomic mass is 32.1. The van der Waals surface area contributed by atoms with Crippen molar-refractivity contribution in [1.29, 1.82) is 0 Å². The Labute approximate surface area is 184 Å². The number of ether oxygens (including phenoxy) is 3. The first-order valence-electron chi connectivity index (χ1n) is 10.3. The van der Waals surface area contributed by atoms with Crippen molar-refractivity contribution in [2.75, 3.05) is 25.3 Å². The maximum Gasteiger partial charge on any atom is 0.253 e. The Hall–Kier alpha value is -3.10. The highest BCUT2D eigenvalue weighted by Crippen LogP contribution is 2.35. The average molecular weight is 438 g/mol. The largest absolute Gasteiger partial charge is 0.454 e. The number of hydrogen-bond acceptors (Lipinski definition) is 5. The molecule has 5 rings (SSSR count). The number of nitrogens with one attached hydrogen (secondary N) is 2. The number of nitrogens with zero attached hydrogens (tertiary/aromatic N) is 1. The van der Waals surface area contributed by atoms with Gasteiger partial charge in [-0.2, -0.15) is 0 Å². The van der Waals surface area contributed by atoms with Crippen molar-refractivity contribution in [3.05, 3.63) is 64.4 Å². The van der Waals surface area contributed by atoms with Crippen LogP contribution >= 0.6 is 12.2 Å². The van der Waals surface area contributed by atoms with Gasteiger partial charge in [-0.1, -0.05) is 18.2 Å². The van der Waals surface area contributed by atoms with Gasteiger partial charge in [0.2, 0.25) is 6.79 Å². The van der Waals surface area contributed by atoms with Crippen molar-refractivity contribution in [2.45, 2.75) is 25.5 Å². The normalized spacial score (nSPS) is 17.1. The van der Waals surface area contributed by atoms with Crippen LogP contribution in [-0.4, -0.2) is 41.0 Å². The molecule has 0 amide bonds. The van der Waals surface area contributed by atoms with Crippen molar-refractivity contribution >= 4 is 33.9 Å². The van der Waals surface area contributed by atoms with Crippen molar-refractivity contribution in [1.82, 2.24) is 9.88 Å². The standard InChI is InChI=1S/C23H23N3O4S/c27-22-16(9-15-10-20-21(30-14-29-20)11-19(15)25-22)12-26(13-18-7-4-8-28-18)23(31)24-17-5-2-1-3-6-17/h1-3,5-6,9-11,18H,4,7-8,12-14H2,(H,24,31)(H,25,27)/t18-/m0/s1. The van der Waals surface area contributed by atoms with Gasteiger partial charge in [0.05, 0.1) is 18.2 Å². The minimum Gasteiger partial charge on any atom is -0.454 e.